The molecule has 5 rings (SSSR count). The first-order chi connectivity index (χ1) is 18.6. The third-order valence-electron chi connectivity index (χ3n) is 7.84. The smallest absolute Gasteiger partial charge is 0.205 e. The zero-order chi connectivity index (χ0) is 29.2. The molecule has 1 aliphatic heterocycles. The summed E-state index contributed by atoms with van der Waals surface area (Å²) in [6.45, 7) is 19.1. The van der Waals surface area contributed by atoms with Gasteiger partial charge in [0.15, 0.2) is 11.6 Å². The van der Waals surface area contributed by atoms with Gasteiger partial charge in [0.25, 0.3) is 0 Å². The van der Waals surface area contributed by atoms with E-state index in [0.717, 1.165) is 22.2 Å². The van der Waals surface area contributed by atoms with E-state index in [0.29, 0.717) is 22.4 Å². The molecule has 0 spiro atoms. The normalized spacial score (nSPS) is 22.2. The van der Waals surface area contributed by atoms with E-state index in [1.165, 1.54) is 0 Å². The van der Waals surface area contributed by atoms with Crippen molar-refractivity contribution in [1.29, 1.82) is 5.26 Å². The van der Waals surface area contributed by atoms with Gasteiger partial charge >= 0.3 is 0 Å². The van der Waals surface area contributed by atoms with Crippen LogP contribution >= 0.6 is 0 Å². The van der Waals surface area contributed by atoms with Crippen molar-refractivity contribution in [3.63, 3.8) is 0 Å². The van der Waals surface area contributed by atoms with E-state index in [1.807, 2.05) is 38.1 Å². The Morgan fingerprint density at radius 3 is 2.48 bits per heavy atom. The van der Waals surface area contributed by atoms with Crippen molar-refractivity contribution in [2.45, 2.75) is 91.1 Å². The quantitative estimate of drug-likeness (QED) is 0.347. The minimum absolute atomic E-state index is 0.0491. The zero-order valence-electron chi connectivity index (χ0n) is 24.9. The molecule has 1 saturated heterocycles. The Morgan fingerprint density at radius 1 is 1.10 bits per heavy atom. The summed E-state index contributed by atoms with van der Waals surface area (Å²) in [6, 6.07) is 13.3. The Hall–Kier alpha value is -2.96. The van der Waals surface area contributed by atoms with Crippen LogP contribution in [-0.2, 0) is 19.3 Å². The van der Waals surface area contributed by atoms with E-state index in [4.69, 9.17) is 18.6 Å². The lowest BCUT2D eigenvalue weighted by atomic mass is 9.71. The van der Waals surface area contributed by atoms with Gasteiger partial charge < -0.3 is 23.6 Å². The van der Waals surface area contributed by atoms with Crippen molar-refractivity contribution in [3.8, 4) is 11.8 Å². The minimum atomic E-state index is -0.977. The summed E-state index contributed by atoms with van der Waals surface area (Å²) in [7, 11) is -0.977. The standard InChI is InChI=1S/C32H39N2O5Si/c1-30(2,3)29(39-40(8)9)27-24(37-32(6,7)38-27)17-36-19-11-13-22-21(15-19)26(35)25-20-12-10-18(16-33)14-23(20)34-28(25)31(22,4)5/h10-15,24,27,29,34H,17H2,1-9H3/t24-,27-,29?/m1/s1. The maximum atomic E-state index is 13.9. The summed E-state index contributed by atoms with van der Waals surface area (Å²) < 4.78 is 25.4. The number of carbonyl (C=O) groups excluding carboxylic acids is 1. The summed E-state index contributed by atoms with van der Waals surface area (Å²) >= 11 is 0. The maximum Gasteiger partial charge on any atom is 0.205 e. The third-order valence-corrected chi connectivity index (χ3v) is 8.56. The molecule has 8 heteroatoms. The van der Waals surface area contributed by atoms with E-state index in [2.05, 4.69) is 58.8 Å². The molecule has 0 bridgehead atoms. The number of ketones is 1. The fourth-order valence-electron chi connectivity index (χ4n) is 6.00. The van der Waals surface area contributed by atoms with Crippen molar-refractivity contribution < 1.29 is 23.4 Å². The highest BCUT2D eigenvalue weighted by Gasteiger charge is 2.49. The number of benzene rings is 2. The van der Waals surface area contributed by atoms with Gasteiger partial charge in [-0.1, -0.05) is 46.8 Å². The van der Waals surface area contributed by atoms with Crippen LogP contribution in [0.5, 0.6) is 5.75 Å². The van der Waals surface area contributed by atoms with Crippen LogP contribution in [0.25, 0.3) is 10.9 Å². The van der Waals surface area contributed by atoms with Gasteiger partial charge in [0, 0.05) is 27.6 Å². The van der Waals surface area contributed by atoms with Gasteiger partial charge in [-0.15, -0.1) is 0 Å². The van der Waals surface area contributed by atoms with E-state index in [9.17, 15) is 10.1 Å². The number of hydrogen-bond acceptors (Lipinski definition) is 6. The predicted molar refractivity (Wildman–Crippen MR) is 156 cm³/mol. The van der Waals surface area contributed by atoms with Crippen LogP contribution in [0.3, 0.4) is 0 Å². The first-order valence-electron chi connectivity index (χ1n) is 13.8. The van der Waals surface area contributed by atoms with Crippen molar-refractivity contribution in [2.24, 2.45) is 5.41 Å². The number of H-pyrrole nitrogens is 1. The molecule has 3 atom stereocenters. The molecule has 1 aromatic heterocycles. The second-order valence-corrected chi connectivity index (χ2v) is 15.2. The average Bonchev–Trinajstić information content (AvgIpc) is 3.40. The molecular weight excluding hydrogens is 520 g/mol. The number of hydrogen-bond donors (Lipinski definition) is 1. The number of nitrogens with zero attached hydrogens (tertiary/aromatic N) is 1. The van der Waals surface area contributed by atoms with Crippen molar-refractivity contribution in [3.05, 3.63) is 64.3 Å². The molecular formula is C32H39N2O5Si. The van der Waals surface area contributed by atoms with E-state index in [1.54, 1.807) is 12.1 Å². The minimum Gasteiger partial charge on any atom is -0.491 e. The lowest BCUT2D eigenvalue weighted by Gasteiger charge is -2.37. The molecule has 2 heterocycles. The lowest BCUT2D eigenvalue weighted by molar-refractivity contribution is -0.160. The Kier molecular flexibility index (Phi) is 7.03. The first-order valence-corrected chi connectivity index (χ1v) is 16.2. The van der Waals surface area contributed by atoms with Crippen LogP contribution in [0.1, 0.15) is 81.2 Å². The molecule has 211 valence electrons. The number of fused-ring (bicyclic) bond motifs is 4. The number of nitriles is 1. The summed E-state index contributed by atoms with van der Waals surface area (Å²) in [5.41, 5.74) is 3.85. The van der Waals surface area contributed by atoms with Gasteiger partial charge in [-0.3, -0.25) is 4.79 Å². The molecule has 1 radical (unpaired) electrons. The number of ether oxygens (including phenoxy) is 3. The van der Waals surface area contributed by atoms with E-state index < -0.39 is 20.2 Å². The number of aromatic nitrogens is 1. The van der Waals surface area contributed by atoms with Gasteiger partial charge in [0.2, 0.25) is 9.04 Å². The summed E-state index contributed by atoms with van der Waals surface area (Å²) in [4.78, 5) is 17.3. The van der Waals surface area contributed by atoms with E-state index >= 15 is 0 Å². The number of nitrogens with one attached hydrogen (secondary N) is 1. The molecule has 0 saturated carbocycles. The summed E-state index contributed by atoms with van der Waals surface area (Å²) in [6.07, 6.45) is -0.780. The Balaban J connectivity index is 1.44. The number of rotatable bonds is 6. The summed E-state index contributed by atoms with van der Waals surface area (Å²) in [5.74, 6) is -0.201. The fourth-order valence-corrected chi connectivity index (χ4v) is 7.00. The maximum absolute atomic E-state index is 13.9. The second-order valence-electron chi connectivity index (χ2n) is 13.2. The van der Waals surface area contributed by atoms with Crippen LogP contribution < -0.4 is 4.74 Å². The second kappa shape index (κ2) is 9.84. The molecule has 1 N–H and O–H groups in total. The van der Waals surface area contributed by atoms with Crippen molar-refractivity contribution >= 4 is 25.7 Å². The highest BCUT2D eigenvalue weighted by atomic mass is 28.3. The SMILES string of the molecule is C[Si](C)OC([C@@H]1OC(C)(C)O[C@@H]1COc1ccc2c(c1)C(=O)c1c([nH]c3cc(C#N)ccc13)C2(C)C)C(C)(C)C. The molecule has 0 amide bonds. The lowest BCUT2D eigenvalue weighted by Crippen LogP contribution is -2.48. The molecule has 1 fully saturated rings. The van der Waals surface area contributed by atoms with Crippen LogP contribution in [0.4, 0.5) is 0 Å². The Bertz CT molecular complexity index is 1510. The van der Waals surface area contributed by atoms with Crippen LogP contribution in [0.2, 0.25) is 13.1 Å². The first kappa shape index (κ1) is 28.6. The largest absolute Gasteiger partial charge is 0.491 e. The van der Waals surface area contributed by atoms with Crippen molar-refractivity contribution in [2.75, 3.05) is 6.61 Å². The average molecular weight is 560 g/mol. The van der Waals surface area contributed by atoms with Gasteiger partial charge in [-0.05, 0) is 62.2 Å². The molecule has 3 aromatic rings. The topological polar surface area (TPSA) is 93.6 Å². The van der Waals surface area contributed by atoms with Crippen molar-refractivity contribution in [1.82, 2.24) is 4.98 Å². The molecule has 2 aromatic carbocycles. The Morgan fingerprint density at radius 2 is 1.82 bits per heavy atom. The highest BCUT2D eigenvalue weighted by Crippen LogP contribution is 2.45. The molecule has 1 aliphatic carbocycles. The highest BCUT2D eigenvalue weighted by molar-refractivity contribution is 6.48. The van der Waals surface area contributed by atoms with Gasteiger partial charge in [-0.2, -0.15) is 5.26 Å². The molecule has 2 aliphatic rings. The molecule has 40 heavy (non-hydrogen) atoms. The van der Waals surface area contributed by atoms with Gasteiger partial charge in [0.1, 0.15) is 24.6 Å². The Labute approximate surface area is 238 Å². The summed E-state index contributed by atoms with van der Waals surface area (Å²) in [5, 5.41) is 10.2. The van der Waals surface area contributed by atoms with Crippen LogP contribution in [-0.4, -0.2) is 50.5 Å². The number of carbonyl (C=O) groups is 1. The van der Waals surface area contributed by atoms with E-state index in [-0.39, 0.29) is 36.1 Å². The van der Waals surface area contributed by atoms with Crippen LogP contribution in [0, 0.1) is 16.7 Å². The fraction of sp³-hybridized carbons (Fsp3) is 0.500. The molecule has 7 nitrogen and oxygen atoms in total. The molecule has 1 unspecified atom stereocenters. The third kappa shape index (κ3) is 5.01. The number of aromatic amines is 1. The van der Waals surface area contributed by atoms with Gasteiger partial charge in [-0.25, -0.2) is 0 Å². The van der Waals surface area contributed by atoms with Gasteiger partial charge in [0.05, 0.1) is 23.3 Å². The predicted octanol–water partition coefficient (Wildman–Crippen LogP) is 6.49. The zero-order valence-corrected chi connectivity index (χ0v) is 25.9. The monoisotopic (exact) mass is 559 g/mol. The van der Waals surface area contributed by atoms with Crippen LogP contribution in [0.15, 0.2) is 36.4 Å².